The molecule has 0 bridgehead atoms. The number of sulfonamides is 1. The van der Waals surface area contributed by atoms with Gasteiger partial charge in [-0.25, -0.2) is 13.1 Å². The highest BCUT2D eigenvalue weighted by atomic mass is 32.2. The van der Waals surface area contributed by atoms with Gasteiger partial charge in [-0.15, -0.1) is 5.10 Å². The van der Waals surface area contributed by atoms with Crippen LogP contribution in [0.5, 0.6) is 0 Å². The number of hydrogen-bond donors (Lipinski definition) is 1. The van der Waals surface area contributed by atoms with Gasteiger partial charge in [0.2, 0.25) is 10.0 Å². The maximum atomic E-state index is 12.6. The van der Waals surface area contributed by atoms with E-state index in [1.54, 1.807) is 10.9 Å². The highest BCUT2D eigenvalue weighted by Crippen LogP contribution is 2.34. The molecule has 2 fully saturated rings. The summed E-state index contributed by atoms with van der Waals surface area (Å²) >= 11 is 0. The van der Waals surface area contributed by atoms with Crippen molar-refractivity contribution in [1.29, 1.82) is 0 Å². The molecule has 0 amide bonds. The van der Waals surface area contributed by atoms with Crippen molar-refractivity contribution in [3.05, 3.63) is 11.9 Å². The molecule has 1 aromatic heterocycles. The Morgan fingerprint density at radius 2 is 2.09 bits per heavy atom. The molecule has 3 rings (SSSR count). The Morgan fingerprint density at radius 3 is 2.70 bits per heavy atom. The smallest absolute Gasteiger partial charge is 0.214 e. The first-order chi connectivity index (χ1) is 10.8. The minimum atomic E-state index is -3.31. The Kier molecular flexibility index (Phi) is 4.50. The average Bonchev–Trinajstić information content (AvgIpc) is 3.16. The molecular weight excluding hydrogens is 316 g/mol. The predicted molar refractivity (Wildman–Crippen MR) is 86.2 cm³/mol. The van der Waals surface area contributed by atoms with Crippen molar-refractivity contribution in [3.8, 4) is 0 Å². The largest absolute Gasteiger partial charge is 0.382 e. The summed E-state index contributed by atoms with van der Waals surface area (Å²) in [4.78, 5) is 0. The van der Waals surface area contributed by atoms with E-state index in [1.165, 1.54) is 4.31 Å². The van der Waals surface area contributed by atoms with Crippen LogP contribution in [-0.2, 0) is 15.6 Å². The monoisotopic (exact) mass is 342 g/mol. The Bertz CT molecular complexity index is 651. The van der Waals surface area contributed by atoms with Gasteiger partial charge in [0.15, 0.2) is 0 Å². The summed E-state index contributed by atoms with van der Waals surface area (Å²) in [6.45, 7) is 4.39. The molecule has 1 N–H and O–H groups in total. The van der Waals surface area contributed by atoms with Crippen LogP contribution in [0.15, 0.2) is 6.20 Å². The van der Waals surface area contributed by atoms with E-state index in [2.05, 4.69) is 10.3 Å². The molecule has 23 heavy (non-hydrogen) atoms. The molecule has 2 aliphatic rings. The zero-order chi connectivity index (χ0) is 16.7. The molecule has 1 saturated carbocycles. The minimum absolute atomic E-state index is 0.0822. The van der Waals surface area contributed by atoms with E-state index in [-0.39, 0.29) is 24.3 Å². The molecule has 1 aliphatic heterocycles. The lowest BCUT2D eigenvalue weighted by molar-refractivity contribution is 0.0484. The second kappa shape index (κ2) is 6.14. The fourth-order valence-corrected chi connectivity index (χ4v) is 5.45. The highest BCUT2D eigenvalue weighted by Gasteiger charge is 2.44. The molecule has 1 atom stereocenters. The quantitative estimate of drug-likeness (QED) is 0.870. The summed E-state index contributed by atoms with van der Waals surface area (Å²) in [5.41, 5.74) is -0.764. The molecule has 1 saturated heterocycles. The van der Waals surface area contributed by atoms with Crippen molar-refractivity contribution in [1.82, 2.24) is 19.3 Å². The molecule has 1 aliphatic carbocycles. The van der Waals surface area contributed by atoms with E-state index < -0.39 is 15.6 Å². The number of aromatic nitrogens is 3. The van der Waals surface area contributed by atoms with Gasteiger partial charge in [0.05, 0.1) is 11.9 Å². The first kappa shape index (κ1) is 16.9. The second-order valence-electron chi connectivity index (χ2n) is 7.22. The van der Waals surface area contributed by atoms with E-state index in [0.29, 0.717) is 18.7 Å². The molecule has 8 heteroatoms. The normalized spacial score (nSPS) is 27.3. The van der Waals surface area contributed by atoms with Gasteiger partial charge in [0.25, 0.3) is 0 Å². The third-order valence-corrected chi connectivity index (χ3v) is 7.03. The average molecular weight is 342 g/mol. The van der Waals surface area contributed by atoms with Crippen LogP contribution in [0.2, 0.25) is 0 Å². The van der Waals surface area contributed by atoms with Crippen molar-refractivity contribution in [3.63, 3.8) is 0 Å². The summed E-state index contributed by atoms with van der Waals surface area (Å²) in [5.74, 6) is 0.484. The van der Waals surface area contributed by atoms with Gasteiger partial charge in [-0.1, -0.05) is 18.1 Å². The zero-order valence-electron chi connectivity index (χ0n) is 13.8. The number of aliphatic hydroxyl groups is 1. The standard InChI is InChI=1S/C15H26N4O3S/c1-12(2)19-9-14(16-17-19)15(20)7-8-18(11-15)23(21,22)10-13-5-3-4-6-13/h9,12-13,20H,3-8,10-11H2,1-2H3/t15-/m1/s1. The van der Waals surface area contributed by atoms with Gasteiger partial charge in [0, 0.05) is 19.1 Å². The van der Waals surface area contributed by atoms with Crippen LogP contribution in [0.25, 0.3) is 0 Å². The number of β-amino-alcohol motifs (C(OH)–C–C–N with tert-alkyl or cyclic N) is 1. The van der Waals surface area contributed by atoms with Crippen LogP contribution in [0, 0.1) is 5.92 Å². The summed E-state index contributed by atoms with van der Waals surface area (Å²) in [6.07, 6.45) is 6.34. The molecule has 0 spiro atoms. The Morgan fingerprint density at radius 1 is 1.39 bits per heavy atom. The van der Waals surface area contributed by atoms with Crippen LogP contribution in [0.1, 0.15) is 57.7 Å². The molecule has 2 heterocycles. The first-order valence-corrected chi connectivity index (χ1v) is 10.0. The first-order valence-electron chi connectivity index (χ1n) is 8.43. The molecule has 1 aromatic rings. The number of nitrogens with zero attached hydrogens (tertiary/aromatic N) is 4. The van der Waals surface area contributed by atoms with Crippen LogP contribution < -0.4 is 0 Å². The zero-order valence-corrected chi connectivity index (χ0v) is 14.7. The third-order valence-electron chi connectivity index (χ3n) is 5.04. The highest BCUT2D eigenvalue weighted by molar-refractivity contribution is 7.89. The second-order valence-corrected chi connectivity index (χ2v) is 9.24. The molecule has 7 nitrogen and oxygen atoms in total. The van der Waals surface area contributed by atoms with Crippen molar-refractivity contribution < 1.29 is 13.5 Å². The van der Waals surface area contributed by atoms with E-state index in [4.69, 9.17) is 0 Å². The van der Waals surface area contributed by atoms with Gasteiger partial charge in [0.1, 0.15) is 11.3 Å². The fraction of sp³-hybridized carbons (Fsp3) is 0.867. The number of hydrogen-bond acceptors (Lipinski definition) is 5. The van der Waals surface area contributed by atoms with Crippen LogP contribution in [-0.4, -0.2) is 51.7 Å². The topological polar surface area (TPSA) is 88.3 Å². The minimum Gasteiger partial charge on any atom is -0.382 e. The van der Waals surface area contributed by atoms with Gasteiger partial charge in [-0.05, 0) is 39.0 Å². The molecular formula is C15H26N4O3S. The van der Waals surface area contributed by atoms with Gasteiger partial charge < -0.3 is 5.11 Å². The Balaban J connectivity index is 1.70. The van der Waals surface area contributed by atoms with Crippen LogP contribution in [0.3, 0.4) is 0 Å². The van der Waals surface area contributed by atoms with Crippen LogP contribution >= 0.6 is 0 Å². The fourth-order valence-electron chi connectivity index (χ4n) is 3.53. The third kappa shape index (κ3) is 3.44. The summed E-state index contributed by atoms with van der Waals surface area (Å²) in [7, 11) is -3.31. The van der Waals surface area contributed by atoms with Crippen molar-refractivity contribution >= 4 is 10.0 Å². The molecule has 0 unspecified atom stereocenters. The van der Waals surface area contributed by atoms with Crippen molar-refractivity contribution in [2.45, 2.75) is 57.6 Å². The van der Waals surface area contributed by atoms with Crippen molar-refractivity contribution in [2.24, 2.45) is 5.92 Å². The van der Waals surface area contributed by atoms with Crippen molar-refractivity contribution in [2.75, 3.05) is 18.8 Å². The lowest BCUT2D eigenvalue weighted by Gasteiger charge is -2.22. The maximum absolute atomic E-state index is 12.6. The molecule has 130 valence electrons. The maximum Gasteiger partial charge on any atom is 0.214 e. The lowest BCUT2D eigenvalue weighted by atomic mass is 10.00. The molecule has 0 aromatic carbocycles. The Labute approximate surface area is 137 Å². The summed E-state index contributed by atoms with van der Waals surface area (Å²) in [6, 6.07) is 0.156. The van der Waals surface area contributed by atoms with Gasteiger partial charge in [-0.2, -0.15) is 4.31 Å². The van der Waals surface area contributed by atoms with E-state index >= 15 is 0 Å². The molecule has 0 radical (unpaired) electrons. The SMILES string of the molecule is CC(C)n1cc([C@@]2(O)CCN(S(=O)(=O)CC3CCCC3)C2)nn1. The van der Waals surface area contributed by atoms with Gasteiger partial charge in [-0.3, -0.25) is 0 Å². The van der Waals surface area contributed by atoms with Crippen LogP contribution in [0.4, 0.5) is 0 Å². The van der Waals surface area contributed by atoms with Gasteiger partial charge >= 0.3 is 0 Å². The van der Waals surface area contributed by atoms with E-state index in [9.17, 15) is 13.5 Å². The Hall–Kier alpha value is -0.990. The number of rotatable bonds is 5. The predicted octanol–water partition coefficient (Wildman–Crippen LogP) is 1.27. The lowest BCUT2D eigenvalue weighted by Crippen LogP contribution is -2.37. The van der Waals surface area contributed by atoms with E-state index in [1.807, 2.05) is 13.8 Å². The van der Waals surface area contributed by atoms with E-state index in [0.717, 1.165) is 25.7 Å². The summed E-state index contributed by atoms with van der Waals surface area (Å²) in [5, 5.41) is 18.9. The summed E-state index contributed by atoms with van der Waals surface area (Å²) < 4.78 is 28.3.